The molecule has 6 nitrogen and oxygen atoms in total. The van der Waals surface area contributed by atoms with Crippen molar-refractivity contribution in [1.82, 2.24) is 20.4 Å². The van der Waals surface area contributed by atoms with Gasteiger partial charge >= 0.3 is 0 Å². The number of rotatable bonds is 10. The summed E-state index contributed by atoms with van der Waals surface area (Å²) in [6, 6.07) is 0. The molecular formula is C14H25BrN4O2. The zero-order chi connectivity index (χ0) is 15.7. The Morgan fingerprint density at radius 3 is 2.76 bits per heavy atom. The van der Waals surface area contributed by atoms with Gasteiger partial charge in [0.05, 0.1) is 22.5 Å². The molecule has 0 saturated heterocycles. The van der Waals surface area contributed by atoms with Crippen molar-refractivity contribution in [2.75, 3.05) is 26.8 Å². The van der Waals surface area contributed by atoms with E-state index in [1.54, 1.807) is 7.11 Å². The summed E-state index contributed by atoms with van der Waals surface area (Å²) in [6.45, 7) is 7.45. The fraction of sp³-hybridized carbons (Fsp3) is 0.714. The summed E-state index contributed by atoms with van der Waals surface area (Å²) in [5, 5.41) is 10.6. The SMILES string of the molecule is CCc1nn(CC)c(CNCCC(=O)NCCOC)c1Br. The maximum absolute atomic E-state index is 11.5. The normalized spacial score (nSPS) is 10.9. The summed E-state index contributed by atoms with van der Waals surface area (Å²) < 4.78 is 7.95. The molecule has 1 aromatic heterocycles. The largest absolute Gasteiger partial charge is 0.383 e. The van der Waals surface area contributed by atoms with E-state index >= 15 is 0 Å². The Hall–Kier alpha value is -0.920. The first-order chi connectivity index (χ1) is 10.1. The Labute approximate surface area is 134 Å². The number of aromatic nitrogens is 2. The van der Waals surface area contributed by atoms with Crippen LogP contribution in [-0.2, 0) is 29.0 Å². The van der Waals surface area contributed by atoms with Gasteiger partial charge in [0, 0.05) is 39.7 Å². The highest BCUT2D eigenvalue weighted by molar-refractivity contribution is 9.10. The second kappa shape index (κ2) is 9.92. The molecule has 0 aliphatic carbocycles. The Morgan fingerprint density at radius 1 is 1.38 bits per heavy atom. The van der Waals surface area contributed by atoms with E-state index < -0.39 is 0 Å². The minimum atomic E-state index is 0.0388. The van der Waals surface area contributed by atoms with Gasteiger partial charge in [-0.15, -0.1) is 0 Å². The molecule has 0 saturated carbocycles. The van der Waals surface area contributed by atoms with Crippen molar-refractivity contribution in [3.63, 3.8) is 0 Å². The molecule has 1 heterocycles. The van der Waals surface area contributed by atoms with E-state index in [1.807, 2.05) is 4.68 Å². The lowest BCUT2D eigenvalue weighted by atomic mass is 10.3. The molecular weight excluding hydrogens is 336 g/mol. The summed E-state index contributed by atoms with van der Waals surface area (Å²) in [7, 11) is 1.62. The molecule has 1 aromatic rings. The van der Waals surface area contributed by atoms with Crippen molar-refractivity contribution in [3.8, 4) is 0 Å². The molecule has 0 spiro atoms. The van der Waals surface area contributed by atoms with Gasteiger partial charge in [0.2, 0.25) is 5.91 Å². The van der Waals surface area contributed by atoms with Gasteiger partial charge in [-0.3, -0.25) is 9.48 Å². The molecule has 0 aliphatic rings. The van der Waals surface area contributed by atoms with Crippen LogP contribution in [0.25, 0.3) is 0 Å². The van der Waals surface area contributed by atoms with Crippen molar-refractivity contribution in [2.45, 2.75) is 39.8 Å². The number of methoxy groups -OCH3 is 1. The van der Waals surface area contributed by atoms with Crippen LogP contribution in [0.15, 0.2) is 4.47 Å². The average molecular weight is 361 g/mol. The quantitative estimate of drug-likeness (QED) is 0.620. The first-order valence-corrected chi connectivity index (χ1v) is 8.13. The van der Waals surface area contributed by atoms with Gasteiger partial charge in [-0.1, -0.05) is 6.92 Å². The molecule has 21 heavy (non-hydrogen) atoms. The standard InChI is InChI=1S/C14H25BrN4O2/c1-4-11-14(15)12(19(5-2)18-11)10-16-7-6-13(20)17-8-9-21-3/h16H,4-10H2,1-3H3,(H,17,20). The van der Waals surface area contributed by atoms with E-state index in [0.717, 1.165) is 28.8 Å². The van der Waals surface area contributed by atoms with Crippen LogP contribution < -0.4 is 10.6 Å². The highest BCUT2D eigenvalue weighted by atomic mass is 79.9. The van der Waals surface area contributed by atoms with Crippen molar-refractivity contribution in [1.29, 1.82) is 0 Å². The minimum absolute atomic E-state index is 0.0388. The molecule has 0 fully saturated rings. The number of hydrogen-bond donors (Lipinski definition) is 2. The van der Waals surface area contributed by atoms with E-state index in [4.69, 9.17) is 4.74 Å². The number of nitrogens with zero attached hydrogens (tertiary/aromatic N) is 2. The van der Waals surface area contributed by atoms with Crippen LogP contribution in [0.4, 0.5) is 0 Å². The first-order valence-electron chi connectivity index (χ1n) is 7.34. The van der Waals surface area contributed by atoms with Crippen LogP contribution >= 0.6 is 15.9 Å². The number of amides is 1. The summed E-state index contributed by atoms with van der Waals surface area (Å²) in [5.74, 6) is 0.0388. The second-order valence-corrected chi connectivity index (χ2v) is 5.44. The van der Waals surface area contributed by atoms with Crippen LogP contribution in [0.3, 0.4) is 0 Å². The maximum atomic E-state index is 11.5. The summed E-state index contributed by atoms with van der Waals surface area (Å²) in [4.78, 5) is 11.5. The number of ether oxygens (including phenoxy) is 1. The number of carbonyl (C=O) groups is 1. The van der Waals surface area contributed by atoms with Gasteiger partial charge in [0.15, 0.2) is 0 Å². The number of halogens is 1. The highest BCUT2D eigenvalue weighted by Gasteiger charge is 2.13. The van der Waals surface area contributed by atoms with Crippen LogP contribution in [0.1, 0.15) is 31.7 Å². The molecule has 1 amide bonds. The Balaban J connectivity index is 2.35. The molecule has 120 valence electrons. The van der Waals surface area contributed by atoms with E-state index in [-0.39, 0.29) is 5.91 Å². The molecule has 0 atom stereocenters. The first kappa shape index (κ1) is 18.1. The molecule has 7 heteroatoms. The topological polar surface area (TPSA) is 68.2 Å². The van der Waals surface area contributed by atoms with Crippen molar-refractivity contribution < 1.29 is 9.53 Å². The van der Waals surface area contributed by atoms with Crippen LogP contribution in [-0.4, -0.2) is 42.5 Å². The second-order valence-electron chi connectivity index (χ2n) is 4.65. The summed E-state index contributed by atoms with van der Waals surface area (Å²) in [6.07, 6.45) is 1.37. The third kappa shape index (κ3) is 5.76. The van der Waals surface area contributed by atoms with Gasteiger partial charge in [-0.25, -0.2) is 0 Å². The Morgan fingerprint density at radius 2 is 2.14 bits per heavy atom. The fourth-order valence-corrected chi connectivity index (χ4v) is 2.68. The van der Waals surface area contributed by atoms with Crippen LogP contribution in [0.5, 0.6) is 0 Å². The van der Waals surface area contributed by atoms with Gasteiger partial charge < -0.3 is 15.4 Å². The van der Waals surface area contributed by atoms with Crippen LogP contribution in [0.2, 0.25) is 0 Å². The lowest BCUT2D eigenvalue weighted by Gasteiger charge is -2.08. The number of aryl methyl sites for hydroxylation is 2. The number of nitrogens with one attached hydrogen (secondary N) is 2. The van der Waals surface area contributed by atoms with Gasteiger partial charge in [0.25, 0.3) is 0 Å². The zero-order valence-corrected chi connectivity index (χ0v) is 14.6. The molecule has 0 aliphatic heterocycles. The molecule has 0 radical (unpaired) electrons. The zero-order valence-electron chi connectivity index (χ0n) is 13.0. The Bertz CT molecular complexity index is 448. The number of hydrogen-bond acceptors (Lipinski definition) is 4. The Kier molecular flexibility index (Phi) is 8.56. The lowest BCUT2D eigenvalue weighted by molar-refractivity contribution is -0.121. The van der Waals surface area contributed by atoms with Gasteiger partial charge in [-0.2, -0.15) is 5.10 Å². The average Bonchev–Trinajstić information content (AvgIpc) is 2.79. The molecule has 0 unspecified atom stereocenters. The van der Waals surface area contributed by atoms with Crippen molar-refractivity contribution >= 4 is 21.8 Å². The molecule has 0 aromatic carbocycles. The van der Waals surface area contributed by atoms with Crippen molar-refractivity contribution in [3.05, 3.63) is 15.9 Å². The number of carbonyl (C=O) groups excluding carboxylic acids is 1. The summed E-state index contributed by atoms with van der Waals surface area (Å²) >= 11 is 3.61. The molecule has 0 bridgehead atoms. The smallest absolute Gasteiger partial charge is 0.221 e. The van der Waals surface area contributed by atoms with E-state index in [1.165, 1.54) is 0 Å². The lowest BCUT2D eigenvalue weighted by Crippen LogP contribution is -2.30. The highest BCUT2D eigenvalue weighted by Crippen LogP contribution is 2.22. The third-order valence-corrected chi connectivity index (χ3v) is 4.06. The van der Waals surface area contributed by atoms with E-state index in [2.05, 4.69) is 45.5 Å². The van der Waals surface area contributed by atoms with Gasteiger partial charge in [0.1, 0.15) is 0 Å². The predicted octanol–water partition coefficient (Wildman–Crippen LogP) is 1.47. The van der Waals surface area contributed by atoms with E-state index in [0.29, 0.717) is 32.7 Å². The minimum Gasteiger partial charge on any atom is -0.383 e. The van der Waals surface area contributed by atoms with Crippen LogP contribution in [0, 0.1) is 0 Å². The summed E-state index contributed by atoms with van der Waals surface area (Å²) in [5.41, 5.74) is 2.21. The van der Waals surface area contributed by atoms with Gasteiger partial charge in [-0.05, 0) is 29.3 Å². The molecule has 2 N–H and O–H groups in total. The fourth-order valence-electron chi connectivity index (χ4n) is 1.98. The van der Waals surface area contributed by atoms with E-state index in [9.17, 15) is 4.79 Å². The van der Waals surface area contributed by atoms with Crippen molar-refractivity contribution in [2.24, 2.45) is 0 Å². The monoisotopic (exact) mass is 360 g/mol. The third-order valence-electron chi connectivity index (χ3n) is 3.14. The predicted molar refractivity (Wildman–Crippen MR) is 86.2 cm³/mol. The maximum Gasteiger partial charge on any atom is 0.221 e. The molecule has 1 rings (SSSR count).